The van der Waals surface area contributed by atoms with Gasteiger partial charge in [-0.2, -0.15) is 5.10 Å². The first kappa shape index (κ1) is 10.5. The van der Waals surface area contributed by atoms with Gasteiger partial charge in [-0.05, 0) is 6.92 Å². The summed E-state index contributed by atoms with van der Waals surface area (Å²) in [6.45, 7) is 5.94. The highest BCUT2D eigenvalue weighted by Gasteiger charge is 2.61. The molecule has 1 aliphatic rings. The molecule has 0 bridgehead atoms. The average Bonchev–Trinajstić information content (AvgIpc) is 2.87. The van der Waals surface area contributed by atoms with E-state index in [1.54, 1.807) is 11.0 Å². The predicted octanol–water partition coefficient (Wildman–Crippen LogP) is 1.60. The highest BCUT2D eigenvalue weighted by Crippen LogP contribution is 2.51. The number of hydrogen-bond acceptors (Lipinski definition) is 3. The van der Waals surface area contributed by atoms with E-state index in [1.165, 1.54) is 6.33 Å². The van der Waals surface area contributed by atoms with Crippen molar-refractivity contribution in [3.05, 3.63) is 12.7 Å². The van der Waals surface area contributed by atoms with Gasteiger partial charge in [0.2, 0.25) is 0 Å². The molecule has 84 valence electrons. The second-order valence-corrected chi connectivity index (χ2v) is 4.75. The van der Waals surface area contributed by atoms with E-state index >= 15 is 0 Å². The summed E-state index contributed by atoms with van der Waals surface area (Å²) in [5, 5.41) is 4.07. The molecule has 0 aliphatic carbocycles. The molecule has 5 heteroatoms. The van der Waals surface area contributed by atoms with Crippen LogP contribution in [0, 0.1) is 5.41 Å². The van der Waals surface area contributed by atoms with Crippen LogP contribution < -0.4 is 0 Å². The Labute approximate surface area is 88.5 Å². The van der Waals surface area contributed by atoms with Gasteiger partial charge in [0.15, 0.2) is 0 Å². The molecule has 1 saturated heterocycles. The fraction of sp³-hybridized carbons (Fsp3) is 0.800. The fourth-order valence-electron chi connectivity index (χ4n) is 2.02. The van der Waals surface area contributed by atoms with Crippen molar-refractivity contribution in [2.24, 2.45) is 5.41 Å². The Bertz CT molecular complexity index is 332. The molecule has 0 spiro atoms. The molecular formula is C10H16FN3O. The van der Waals surface area contributed by atoms with E-state index in [0.717, 1.165) is 0 Å². The third kappa shape index (κ3) is 1.45. The zero-order valence-corrected chi connectivity index (χ0v) is 9.27. The minimum atomic E-state index is -0.488. The normalized spacial score (nSPS) is 27.7. The summed E-state index contributed by atoms with van der Waals surface area (Å²) in [4.78, 5) is 3.89. The molecular weight excluding hydrogens is 197 g/mol. The maximum Gasteiger partial charge on any atom is 0.137 e. The van der Waals surface area contributed by atoms with Gasteiger partial charge in [-0.1, -0.05) is 13.8 Å². The number of alkyl halides is 1. The minimum Gasteiger partial charge on any atom is -0.367 e. The number of ether oxygens (including phenoxy) is 1. The summed E-state index contributed by atoms with van der Waals surface area (Å²) >= 11 is 0. The largest absolute Gasteiger partial charge is 0.367 e. The van der Waals surface area contributed by atoms with Crippen LogP contribution in [0.5, 0.6) is 0 Å². The smallest absolute Gasteiger partial charge is 0.137 e. The number of halogens is 1. The first-order chi connectivity index (χ1) is 7.03. The molecule has 2 atom stereocenters. The summed E-state index contributed by atoms with van der Waals surface area (Å²) < 4.78 is 20.2. The molecule has 1 fully saturated rings. The van der Waals surface area contributed by atoms with Crippen molar-refractivity contribution in [3.8, 4) is 0 Å². The Balaban J connectivity index is 2.24. The molecule has 2 rings (SSSR count). The van der Waals surface area contributed by atoms with Crippen LogP contribution in [0.4, 0.5) is 4.39 Å². The number of rotatable bonds is 4. The van der Waals surface area contributed by atoms with Crippen molar-refractivity contribution in [1.29, 1.82) is 0 Å². The van der Waals surface area contributed by atoms with Gasteiger partial charge in [0.1, 0.15) is 18.3 Å². The minimum absolute atomic E-state index is 0.00532. The number of hydrogen-bond donors (Lipinski definition) is 0. The highest BCUT2D eigenvalue weighted by molar-refractivity contribution is 5.08. The summed E-state index contributed by atoms with van der Waals surface area (Å²) in [5.41, 5.74) is -0.923. The quantitative estimate of drug-likeness (QED) is 0.713. The van der Waals surface area contributed by atoms with E-state index in [9.17, 15) is 4.39 Å². The summed E-state index contributed by atoms with van der Waals surface area (Å²) in [7, 11) is 0. The van der Waals surface area contributed by atoms with Crippen LogP contribution >= 0.6 is 0 Å². The summed E-state index contributed by atoms with van der Waals surface area (Å²) in [6.07, 6.45) is 3.12. The first-order valence-corrected chi connectivity index (χ1v) is 5.07. The van der Waals surface area contributed by atoms with Gasteiger partial charge in [0.05, 0.1) is 19.3 Å². The maximum atomic E-state index is 13.0. The van der Waals surface area contributed by atoms with Gasteiger partial charge >= 0.3 is 0 Å². The second-order valence-electron chi connectivity index (χ2n) is 4.75. The highest BCUT2D eigenvalue weighted by atomic mass is 19.1. The average molecular weight is 213 g/mol. The number of aromatic nitrogens is 3. The standard InChI is InChI=1S/C10H16FN3O/c1-8(14-7-12-6-13-14)10(5-15-10)9(2,3)4-11/h6-8H,4-5H2,1-3H3. The molecule has 2 unspecified atom stereocenters. The van der Waals surface area contributed by atoms with Crippen LogP contribution in [-0.4, -0.2) is 33.6 Å². The monoisotopic (exact) mass is 213 g/mol. The van der Waals surface area contributed by atoms with Crippen LogP contribution in [0.25, 0.3) is 0 Å². The zero-order chi connectivity index (χ0) is 11.1. The van der Waals surface area contributed by atoms with Crippen molar-refractivity contribution >= 4 is 0 Å². The first-order valence-electron chi connectivity index (χ1n) is 5.07. The fourth-order valence-corrected chi connectivity index (χ4v) is 2.02. The van der Waals surface area contributed by atoms with Gasteiger partial charge in [0.25, 0.3) is 0 Å². The Morgan fingerprint density at radius 2 is 2.33 bits per heavy atom. The number of nitrogens with zero attached hydrogens (tertiary/aromatic N) is 3. The molecule has 15 heavy (non-hydrogen) atoms. The predicted molar refractivity (Wildman–Crippen MR) is 53.2 cm³/mol. The van der Waals surface area contributed by atoms with E-state index < -0.39 is 17.7 Å². The number of epoxide rings is 1. The lowest BCUT2D eigenvalue weighted by Crippen LogP contribution is -2.41. The Morgan fingerprint density at radius 3 is 2.73 bits per heavy atom. The van der Waals surface area contributed by atoms with Crippen LogP contribution in [-0.2, 0) is 4.74 Å². The van der Waals surface area contributed by atoms with Crippen molar-refractivity contribution in [1.82, 2.24) is 14.8 Å². The molecule has 0 saturated carbocycles. The molecule has 4 nitrogen and oxygen atoms in total. The topological polar surface area (TPSA) is 43.2 Å². The summed E-state index contributed by atoms with van der Waals surface area (Å²) in [5.74, 6) is 0. The molecule has 0 amide bonds. The van der Waals surface area contributed by atoms with Crippen LogP contribution in [0.2, 0.25) is 0 Å². The van der Waals surface area contributed by atoms with Crippen LogP contribution in [0.3, 0.4) is 0 Å². The molecule has 1 aliphatic heterocycles. The molecule has 1 aromatic rings. The van der Waals surface area contributed by atoms with E-state index in [4.69, 9.17) is 4.74 Å². The van der Waals surface area contributed by atoms with E-state index in [-0.39, 0.29) is 6.04 Å². The molecule has 0 radical (unpaired) electrons. The molecule has 1 aromatic heterocycles. The van der Waals surface area contributed by atoms with E-state index in [1.807, 2.05) is 20.8 Å². The Hall–Kier alpha value is -0.970. The molecule has 2 heterocycles. The van der Waals surface area contributed by atoms with Gasteiger partial charge in [-0.3, -0.25) is 4.39 Å². The lowest BCUT2D eigenvalue weighted by atomic mass is 9.76. The molecule has 0 N–H and O–H groups in total. The third-order valence-electron chi connectivity index (χ3n) is 3.44. The lowest BCUT2D eigenvalue weighted by molar-refractivity contribution is 0.0610. The van der Waals surface area contributed by atoms with Gasteiger partial charge < -0.3 is 4.74 Å². The Morgan fingerprint density at radius 1 is 1.67 bits per heavy atom. The second kappa shape index (κ2) is 3.27. The maximum absolute atomic E-state index is 13.0. The van der Waals surface area contributed by atoms with Crippen LogP contribution in [0.1, 0.15) is 26.8 Å². The van der Waals surface area contributed by atoms with Gasteiger partial charge in [-0.25, -0.2) is 9.67 Å². The lowest BCUT2D eigenvalue weighted by Gasteiger charge is -2.33. The SMILES string of the molecule is CC(n1cncn1)C1(C(C)(C)CF)CO1. The third-order valence-corrected chi connectivity index (χ3v) is 3.44. The van der Waals surface area contributed by atoms with Crippen LogP contribution in [0.15, 0.2) is 12.7 Å². The molecule has 0 aromatic carbocycles. The van der Waals surface area contributed by atoms with E-state index in [0.29, 0.717) is 6.61 Å². The van der Waals surface area contributed by atoms with Crippen molar-refractivity contribution in [2.45, 2.75) is 32.4 Å². The van der Waals surface area contributed by atoms with Gasteiger partial charge in [-0.15, -0.1) is 0 Å². The van der Waals surface area contributed by atoms with Crippen molar-refractivity contribution < 1.29 is 9.13 Å². The summed E-state index contributed by atoms with van der Waals surface area (Å²) in [6, 6.07) is 0.00532. The van der Waals surface area contributed by atoms with E-state index in [2.05, 4.69) is 10.1 Å². The van der Waals surface area contributed by atoms with Crippen molar-refractivity contribution in [2.75, 3.05) is 13.3 Å². The zero-order valence-electron chi connectivity index (χ0n) is 9.27. The Kier molecular flexibility index (Phi) is 2.30. The van der Waals surface area contributed by atoms with Gasteiger partial charge in [0, 0.05) is 5.41 Å². The van der Waals surface area contributed by atoms with Crippen molar-refractivity contribution in [3.63, 3.8) is 0 Å².